The number of allylic oxidation sites excluding steroid dienone is 3. The van der Waals surface area contributed by atoms with E-state index in [0.717, 1.165) is 16.8 Å². The molecule has 0 saturated heterocycles. The van der Waals surface area contributed by atoms with Crippen molar-refractivity contribution in [2.75, 3.05) is 0 Å². The first kappa shape index (κ1) is 10.2. The van der Waals surface area contributed by atoms with Crippen molar-refractivity contribution in [3.05, 3.63) is 44.5 Å². The molecule has 1 aliphatic carbocycles. The zero-order chi connectivity index (χ0) is 12.1. The van der Waals surface area contributed by atoms with Crippen molar-refractivity contribution in [1.29, 1.82) is 0 Å². The number of thiophene rings is 1. The third-order valence-corrected chi connectivity index (χ3v) is 4.72. The maximum absolute atomic E-state index is 12.4. The number of hydrogen-bond donors (Lipinski definition) is 0. The van der Waals surface area contributed by atoms with E-state index in [4.69, 9.17) is 0 Å². The molecule has 1 aliphatic rings. The van der Waals surface area contributed by atoms with Crippen molar-refractivity contribution in [3.8, 4) is 0 Å². The molecule has 0 fully saturated rings. The van der Waals surface area contributed by atoms with Crippen LogP contribution in [-0.4, -0.2) is 14.6 Å². The molecule has 18 heavy (non-hydrogen) atoms. The summed E-state index contributed by atoms with van der Waals surface area (Å²) in [5, 5.41) is 4.74. The molecule has 4 nitrogen and oxygen atoms in total. The van der Waals surface area contributed by atoms with Crippen LogP contribution < -0.4 is 5.56 Å². The van der Waals surface area contributed by atoms with Gasteiger partial charge in [0.15, 0.2) is 0 Å². The van der Waals surface area contributed by atoms with Crippen molar-refractivity contribution in [2.45, 2.75) is 6.42 Å². The topological polar surface area (TPSA) is 47.3 Å². The number of aromatic nitrogens is 3. The number of fused-ring (bicyclic) bond motifs is 4. The molecule has 0 spiro atoms. The Bertz CT molecular complexity index is 882. The van der Waals surface area contributed by atoms with Gasteiger partial charge in [0, 0.05) is 16.9 Å². The monoisotopic (exact) mass is 273 g/mol. The highest BCUT2D eigenvalue weighted by molar-refractivity contribution is 7.19. The van der Waals surface area contributed by atoms with Gasteiger partial charge in [-0.15, -0.1) is 11.3 Å². The second kappa shape index (κ2) is 3.60. The fourth-order valence-corrected chi connectivity index (χ4v) is 3.91. The van der Waals surface area contributed by atoms with Crippen LogP contribution in [-0.2, 0) is 6.42 Å². The van der Waals surface area contributed by atoms with Crippen LogP contribution in [0.5, 0.6) is 0 Å². The lowest BCUT2D eigenvalue weighted by molar-refractivity contribution is 0.917. The predicted octanol–water partition coefficient (Wildman–Crippen LogP) is 2.49. The van der Waals surface area contributed by atoms with E-state index >= 15 is 0 Å². The lowest BCUT2D eigenvalue weighted by Gasteiger charge is -1.94. The Morgan fingerprint density at radius 1 is 1.33 bits per heavy atom. The van der Waals surface area contributed by atoms with Crippen molar-refractivity contribution in [2.24, 2.45) is 0 Å². The number of rotatable bonds is 0. The van der Waals surface area contributed by atoms with Gasteiger partial charge in [-0.1, -0.05) is 35.6 Å². The molecular formula is C12H7N3OS2. The van der Waals surface area contributed by atoms with Gasteiger partial charge < -0.3 is 0 Å². The Labute approximate surface area is 110 Å². The standard InChI is InChI=1S/C12H7N3OS2/c16-11-9-7-4-2-1-3-5-8(7)18-10(9)14-12-15(11)13-6-17-12/h1-4,6H,5H2. The minimum Gasteiger partial charge on any atom is -0.266 e. The average molecular weight is 273 g/mol. The average Bonchev–Trinajstić information content (AvgIpc) is 2.89. The fraction of sp³-hybridized carbons (Fsp3) is 0.0833. The zero-order valence-corrected chi connectivity index (χ0v) is 10.8. The summed E-state index contributed by atoms with van der Waals surface area (Å²) in [5.41, 5.74) is 2.57. The van der Waals surface area contributed by atoms with Crippen LogP contribution in [0.15, 0.2) is 28.5 Å². The van der Waals surface area contributed by atoms with E-state index in [9.17, 15) is 4.79 Å². The molecule has 0 amide bonds. The van der Waals surface area contributed by atoms with E-state index in [-0.39, 0.29) is 5.56 Å². The van der Waals surface area contributed by atoms with Crippen molar-refractivity contribution in [3.63, 3.8) is 0 Å². The van der Waals surface area contributed by atoms with Gasteiger partial charge in [-0.2, -0.15) is 9.61 Å². The lowest BCUT2D eigenvalue weighted by Crippen LogP contribution is -2.14. The van der Waals surface area contributed by atoms with E-state index in [1.165, 1.54) is 20.7 Å². The molecule has 0 saturated carbocycles. The SMILES string of the molecule is O=c1c2c3c(sc2nc2scnn12)CC=CC=C3. The van der Waals surface area contributed by atoms with E-state index in [1.807, 2.05) is 18.2 Å². The molecule has 4 rings (SSSR count). The quantitative estimate of drug-likeness (QED) is 0.632. The van der Waals surface area contributed by atoms with Crippen LogP contribution in [0.3, 0.4) is 0 Å². The summed E-state index contributed by atoms with van der Waals surface area (Å²) in [5.74, 6) is 0. The van der Waals surface area contributed by atoms with E-state index in [0.29, 0.717) is 10.3 Å². The first-order valence-electron chi connectivity index (χ1n) is 5.46. The summed E-state index contributed by atoms with van der Waals surface area (Å²) >= 11 is 2.98. The minimum absolute atomic E-state index is 0.0692. The third-order valence-electron chi connectivity index (χ3n) is 2.92. The van der Waals surface area contributed by atoms with E-state index in [2.05, 4.69) is 16.2 Å². The number of hydrogen-bond acceptors (Lipinski definition) is 5. The first-order chi connectivity index (χ1) is 8.84. The van der Waals surface area contributed by atoms with Gasteiger partial charge in [-0.05, 0) is 0 Å². The van der Waals surface area contributed by atoms with Crippen LogP contribution in [0, 0.1) is 0 Å². The maximum Gasteiger partial charge on any atom is 0.284 e. The highest BCUT2D eigenvalue weighted by Gasteiger charge is 2.17. The van der Waals surface area contributed by atoms with Gasteiger partial charge in [0.2, 0.25) is 4.96 Å². The minimum atomic E-state index is -0.0692. The van der Waals surface area contributed by atoms with Crippen LogP contribution >= 0.6 is 22.7 Å². The molecule has 6 heteroatoms. The Balaban J connectivity index is 2.23. The van der Waals surface area contributed by atoms with Crippen molar-refractivity contribution in [1.82, 2.24) is 14.6 Å². The predicted molar refractivity (Wildman–Crippen MR) is 74.4 cm³/mol. The molecule has 0 N–H and O–H groups in total. The summed E-state index contributed by atoms with van der Waals surface area (Å²) in [6.07, 6.45) is 8.91. The lowest BCUT2D eigenvalue weighted by atomic mass is 10.1. The maximum atomic E-state index is 12.4. The van der Waals surface area contributed by atoms with Crippen LogP contribution in [0.1, 0.15) is 10.4 Å². The molecule has 0 radical (unpaired) electrons. The smallest absolute Gasteiger partial charge is 0.266 e. The molecule has 0 bridgehead atoms. The van der Waals surface area contributed by atoms with Gasteiger partial charge in [0.25, 0.3) is 5.56 Å². The normalized spacial score (nSPS) is 14.2. The molecule has 3 aromatic rings. The molecule has 88 valence electrons. The van der Waals surface area contributed by atoms with Crippen LogP contribution in [0.2, 0.25) is 0 Å². The molecular weight excluding hydrogens is 266 g/mol. The first-order valence-corrected chi connectivity index (χ1v) is 7.15. The molecule has 0 aromatic carbocycles. The highest BCUT2D eigenvalue weighted by Crippen LogP contribution is 2.31. The van der Waals surface area contributed by atoms with Gasteiger partial charge in [0.05, 0.1) is 5.39 Å². The number of nitrogens with zero attached hydrogens (tertiary/aromatic N) is 3. The molecule has 0 atom stereocenters. The summed E-state index contributed by atoms with van der Waals surface area (Å²) < 4.78 is 1.38. The van der Waals surface area contributed by atoms with Gasteiger partial charge in [-0.3, -0.25) is 4.79 Å². The van der Waals surface area contributed by atoms with Crippen LogP contribution in [0.4, 0.5) is 0 Å². The highest BCUT2D eigenvalue weighted by atomic mass is 32.1. The molecule has 0 aliphatic heterocycles. The largest absolute Gasteiger partial charge is 0.284 e. The Morgan fingerprint density at radius 2 is 2.28 bits per heavy atom. The van der Waals surface area contributed by atoms with E-state index < -0.39 is 0 Å². The van der Waals surface area contributed by atoms with E-state index in [1.54, 1.807) is 16.8 Å². The fourth-order valence-electron chi connectivity index (χ4n) is 2.12. The van der Waals surface area contributed by atoms with Crippen molar-refractivity contribution >= 4 is 43.9 Å². The van der Waals surface area contributed by atoms with Gasteiger partial charge >= 0.3 is 0 Å². The summed E-state index contributed by atoms with van der Waals surface area (Å²) in [7, 11) is 0. The molecule has 3 aromatic heterocycles. The third kappa shape index (κ3) is 1.27. The zero-order valence-electron chi connectivity index (χ0n) is 9.16. The molecule has 0 unspecified atom stereocenters. The molecule has 3 heterocycles. The second-order valence-electron chi connectivity index (χ2n) is 3.96. The van der Waals surface area contributed by atoms with Crippen LogP contribution in [0.25, 0.3) is 21.3 Å². The Hall–Kier alpha value is -1.79. The van der Waals surface area contributed by atoms with Crippen molar-refractivity contribution < 1.29 is 0 Å². The second-order valence-corrected chi connectivity index (χ2v) is 5.86. The van der Waals surface area contributed by atoms with Gasteiger partial charge in [0.1, 0.15) is 10.3 Å². The Kier molecular flexibility index (Phi) is 2.03. The Morgan fingerprint density at radius 3 is 3.22 bits per heavy atom. The summed E-state index contributed by atoms with van der Waals surface area (Å²) in [4.78, 5) is 19.6. The van der Waals surface area contributed by atoms with Gasteiger partial charge in [-0.25, -0.2) is 4.98 Å². The summed E-state index contributed by atoms with van der Waals surface area (Å²) in [6.45, 7) is 0. The summed E-state index contributed by atoms with van der Waals surface area (Å²) in [6, 6.07) is 0.